The molecular weight excluding hydrogens is 274 g/mol. The minimum atomic E-state index is 0.604. The minimum Gasteiger partial charge on any atom is -0.378 e. The number of nitrogens with zero attached hydrogens (tertiary/aromatic N) is 2. The van der Waals surface area contributed by atoms with Crippen LogP contribution in [0.2, 0.25) is 5.02 Å². The number of anilines is 2. The SMILES string of the molecule is CNc1ccc2[nH]c(CNc3ccc(Cl)cc3)nc2n1. The molecular formula is C14H14ClN5. The summed E-state index contributed by atoms with van der Waals surface area (Å²) < 4.78 is 0. The molecule has 0 unspecified atom stereocenters. The number of hydrogen-bond acceptors (Lipinski definition) is 4. The maximum Gasteiger partial charge on any atom is 0.179 e. The van der Waals surface area contributed by atoms with Crippen molar-refractivity contribution in [1.29, 1.82) is 0 Å². The van der Waals surface area contributed by atoms with Crippen LogP contribution in [0.5, 0.6) is 0 Å². The summed E-state index contributed by atoms with van der Waals surface area (Å²) in [5, 5.41) is 7.01. The zero-order chi connectivity index (χ0) is 13.9. The van der Waals surface area contributed by atoms with Crippen molar-refractivity contribution in [3.63, 3.8) is 0 Å². The summed E-state index contributed by atoms with van der Waals surface area (Å²) in [4.78, 5) is 12.1. The van der Waals surface area contributed by atoms with Gasteiger partial charge in [0, 0.05) is 17.8 Å². The normalized spacial score (nSPS) is 10.7. The van der Waals surface area contributed by atoms with Crippen molar-refractivity contribution < 1.29 is 0 Å². The van der Waals surface area contributed by atoms with Gasteiger partial charge in [0.25, 0.3) is 0 Å². The van der Waals surface area contributed by atoms with Crippen molar-refractivity contribution in [1.82, 2.24) is 15.0 Å². The molecule has 0 spiro atoms. The van der Waals surface area contributed by atoms with E-state index in [1.165, 1.54) is 0 Å². The first-order valence-corrected chi connectivity index (χ1v) is 6.65. The summed E-state index contributed by atoms with van der Waals surface area (Å²) in [5.74, 6) is 1.65. The van der Waals surface area contributed by atoms with Gasteiger partial charge in [-0.15, -0.1) is 0 Å². The van der Waals surface area contributed by atoms with Crippen LogP contribution in [0.25, 0.3) is 11.2 Å². The average Bonchev–Trinajstić information content (AvgIpc) is 2.88. The lowest BCUT2D eigenvalue weighted by Crippen LogP contribution is -2.00. The third kappa shape index (κ3) is 2.67. The molecule has 6 heteroatoms. The van der Waals surface area contributed by atoms with E-state index in [1.807, 2.05) is 43.4 Å². The molecule has 0 aliphatic carbocycles. The molecule has 102 valence electrons. The van der Waals surface area contributed by atoms with E-state index < -0.39 is 0 Å². The molecule has 0 aliphatic heterocycles. The van der Waals surface area contributed by atoms with E-state index in [0.717, 1.165) is 27.9 Å². The van der Waals surface area contributed by atoms with Crippen LogP contribution in [0.4, 0.5) is 11.5 Å². The number of rotatable bonds is 4. The van der Waals surface area contributed by atoms with E-state index >= 15 is 0 Å². The topological polar surface area (TPSA) is 65.6 Å². The Hall–Kier alpha value is -2.27. The van der Waals surface area contributed by atoms with Gasteiger partial charge in [-0.05, 0) is 36.4 Å². The Morgan fingerprint density at radius 1 is 1.10 bits per heavy atom. The van der Waals surface area contributed by atoms with Crippen LogP contribution in [0.1, 0.15) is 5.82 Å². The van der Waals surface area contributed by atoms with Crippen LogP contribution in [-0.2, 0) is 6.54 Å². The van der Waals surface area contributed by atoms with Gasteiger partial charge in [-0.2, -0.15) is 0 Å². The van der Waals surface area contributed by atoms with Crippen molar-refractivity contribution in [2.75, 3.05) is 17.7 Å². The van der Waals surface area contributed by atoms with Gasteiger partial charge in [0.1, 0.15) is 11.6 Å². The zero-order valence-corrected chi connectivity index (χ0v) is 11.7. The molecule has 3 rings (SSSR count). The first kappa shape index (κ1) is 12.7. The predicted octanol–water partition coefficient (Wildman–Crippen LogP) is 3.27. The number of halogens is 1. The molecule has 0 bridgehead atoms. The fraction of sp³-hybridized carbons (Fsp3) is 0.143. The fourth-order valence-electron chi connectivity index (χ4n) is 1.92. The Morgan fingerprint density at radius 2 is 1.90 bits per heavy atom. The number of pyridine rings is 1. The molecule has 0 atom stereocenters. The van der Waals surface area contributed by atoms with E-state index in [2.05, 4.69) is 25.6 Å². The third-order valence-electron chi connectivity index (χ3n) is 2.96. The predicted molar refractivity (Wildman–Crippen MR) is 82.2 cm³/mol. The molecule has 2 heterocycles. The molecule has 20 heavy (non-hydrogen) atoms. The quantitative estimate of drug-likeness (QED) is 0.689. The highest BCUT2D eigenvalue weighted by molar-refractivity contribution is 6.30. The summed E-state index contributed by atoms with van der Waals surface area (Å²) in [6, 6.07) is 11.4. The Morgan fingerprint density at radius 3 is 2.65 bits per heavy atom. The number of aromatic amines is 1. The fourth-order valence-corrected chi connectivity index (χ4v) is 2.04. The van der Waals surface area contributed by atoms with Gasteiger partial charge in [-0.1, -0.05) is 11.6 Å². The first-order chi connectivity index (χ1) is 9.74. The van der Waals surface area contributed by atoms with E-state index in [0.29, 0.717) is 12.2 Å². The smallest absolute Gasteiger partial charge is 0.179 e. The van der Waals surface area contributed by atoms with Crippen molar-refractivity contribution in [3.05, 3.63) is 47.2 Å². The van der Waals surface area contributed by atoms with Gasteiger partial charge < -0.3 is 15.6 Å². The van der Waals surface area contributed by atoms with Gasteiger partial charge in [0.05, 0.1) is 12.1 Å². The highest BCUT2D eigenvalue weighted by Gasteiger charge is 2.04. The Kier molecular flexibility index (Phi) is 3.43. The number of aromatic nitrogens is 3. The molecule has 5 nitrogen and oxygen atoms in total. The molecule has 0 saturated carbocycles. The summed E-state index contributed by atoms with van der Waals surface area (Å²) in [6.45, 7) is 0.604. The van der Waals surface area contributed by atoms with E-state index in [1.54, 1.807) is 0 Å². The van der Waals surface area contributed by atoms with Crippen LogP contribution in [-0.4, -0.2) is 22.0 Å². The summed E-state index contributed by atoms with van der Waals surface area (Å²) >= 11 is 5.85. The molecule has 0 amide bonds. The maximum absolute atomic E-state index is 5.85. The van der Waals surface area contributed by atoms with Crippen LogP contribution in [0.3, 0.4) is 0 Å². The Labute approximate surface area is 121 Å². The first-order valence-electron chi connectivity index (χ1n) is 6.27. The van der Waals surface area contributed by atoms with E-state index in [4.69, 9.17) is 11.6 Å². The molecule has 2 aromatic heterocycles. The summed E-state index contributed by atoms with van der Waals surface area (Å²) in [7, 11) is 1.84. The maximum atomic E-state index is 5.85. The van der Waals surface area contributed by atoms with Crippen molar-refractivity contribution >= 4 is 34.3 Å². The third-order valence-corrected chi connectivity index (χ3v) is 3.21. The standard InChI is InChI=1S/C14H14ClN5/c1-16-12-7-6-11-14(19-12)20-13(18-11)8-17-10-4-2-9(15)3-5-10/h2-7,17H,8H2,1H3,(H2,16,18,19,20). The molecule has 0 radical (unpaired) electrons. The molecule has 0 fully saturated rings. The van der Waals surface area contributed by atoms with Gasteiger partial charge in [0.2, 0.25) is 0 Å². The summed E-state index contributed by atoms with van der Waals surface area (Å²) in [5.41, 5.74) is 2.64. The Bertz CT molecular complexity index is 720. The lowest BCUT2D eigenvalue weighted by molar-refractivity contribution is 1.01. The van der Waals surface area contributed by atoms with E-state index in [9.17, 15) is 0 Å². The number of fused-ring (bicyclic) bond motifs is 1. The van der Waals surface area contributed by atoms with Gasteiger partial charge >= 0.3 is 0 Å². The lowest BCUT2D eigenvalue weighted by Gasteiger charge is -2.03. The largest absolute Gasteiger partial charge is 0.378 e. The van der Waals surface area contributed by atoms with Crippen LogP contribution in [0.15, 0.2) is 36.4 Å². The number of imidazole rings is 1. The highest BCUT2D eigenvalue weighted by Crippen LogP contribution is 2.16. The zero-order valence-electron chi connectivity index (χ0n) is 10.9. The number of nitrogens with one attached hydrogen (secondary N) is 3. The molecule has 3 aromatic rings. The van der Waals surface area contributed by atoms with Crippen molar-refractivity contribution in [3.8, 4) is 0 Å². The van der Waals surface area contributed by atoms with Gasteiger partial charge in [-0.25, -0.2) is 9.97 Å². The van der Waals surface area contributed by atoms with Crippen molar-refractivity contribution in [2.24, 2.45) is 0 Å². The molecule has 0 saturated heterocycles. The van der Waals surface area contributed by atoms with Crippen LogP contribution in [0, 0.1) is 0 Å². The molecule has 1 aromatic carbocycles. The van der Waals surface area contributed by atoms with Gasteiger partial charge in [-0.3, -0.25) is 0 Å². The summed E-state index contributed by atoms with van der Waals surface area (Å²) in [6.07, 6.45) is 0. The number of H-pyrrole nitrogens is 1. The highest BCUT2D eigenvalue weighted by atomic mass is 35.5. The second-order valence-electron chi connectivity index (χ2n) is 4.36. The average molecular weight is 288 g/mol. The second kappa shape index (κ2) is 5.38. The van der Waals surface area contributed by atoms with E-state index in [-0.39, 0.29) is 0 Å². The van der Waals surface area contributed by atoms with Crippen molar-refractivity contribution in [2.45, 2.75) is 6.54 Å². The van der Waals surface area contributed by atoms with Crippen LogP contribution >= 0.6 is 11.6 Å². The number of hydrogen-bond donors (Lipinski definition) is 3. The molecule has 3 N–H and O–H groups in total. The minimum absolute atomic E-state index is 0.604. The number of benzene rings is 1. The second-order valence-corrected chi connectivity index (χ2v) is 4.80. The Balaban J connectivity index is 1.75. The lowest BCUT2D eigenvalue weighted by atomic mass is 10.3. The van der Waals surface area contributed by atoms with Gasteiger partial charge in [0.15, 0.2) is 5.65 Å². The van der Waals surface area contributed by atoms with Crippen LogP contribution < -0.4 is 10.6 Å². The molecule has 0 aliphatic rings. The monoisotopic (exact) mass is 287 g/mol.